The molecule has 0 fully saturated rings. The first-order valence-electron chi connectivity index (χ1n) is 7.24. The Kier molecular flexibility index (Phi) is 5.58. The highest BCUT2D eigenvalue weighted by Crippen LogP contribution is 2.29. The van der Waals surface area contributed by atoms with Gasteiger partial charge in [-0.15, -0.1) is 0 Å². The summed E-state index contributed by atoms with van der Waals surface area (Å²) in [5.74, 6) is -1.63. The van der Waals surface area contributed by atoms with Gasteiger partial charge in [-0.1, -0.05) is 11.6 Å². The second-order valence-corrected chi connectivity index (χ2v) is 5.38. The maximum Gasteiger partial charge on any atom is 0.351 e. The smallest absolute Gasteiger partial charge is 0.351 e. The number of benzene rings is 1. The van der Waals surface area contributed by atoms with Crippen LogP contribution in [0.2, 0.25) is 5.02 Å². The Morgan fingerprint density at radius 2 is 2.08 bits per heavy atom. The van der Waals surface area contributed by atoms with Gasteiger partial charge in [-0.05, 0) is 19.9 Å². The molecule has 0 radical (unpaired) electrons. The van der Waals surface area contributed by atoms with Gasteiger partial charge in [0.15, 0.2) is 6.10 Å². The number of esters is 1. The van der Waals surface area contributed by atoms with Crippen molar-refractivity contribution in [2.75, 3.05) is 6.61 Å². The monoisotopic (exact) mass is 371 g/mol. The van der Waals surface area contributed by atoms with Gasteiger partial charge in [-0.25, -0.2) is 23.2 Å². The van der Waals surface area contributed by atoms with Crippen molar-refractivity contribution in [3.8, 4) is 11.4 Å². The summed E-state index contributed by atoms with van der Waals surface area (Å²) in [6.07, 6.45) is -0.148. The highest BCUT2D eigenvalue weighted by molar-refractivity contribution is 6.32. The average molecular weight is 372 g/mol. The Balaban J connectivity index is 2.53. The van der Waals surface area contributed by atoms with Gasteiger partial charge in [-0.3, -0.25) is 4.79 Å². The van der Waals surface area contributed by atoms with Crippen molar-refractivity contribution < 1.29 is 18.7 Å². The second kappa shape index (κ2) is 7.47. The summed E-state index contributed by atoms with van der Waals surface area (Å²) < 4.78 is 25.9. The molecule has 134 valence electrons. The lowest BCUT2D eigenvalue weighted by Crippen LogP contribution is -2.39. The minimum atomic E-state index is -1.02. The number of carbonyl (C=O) groups excluding carboxylic acids is 1. The van der Waals surface area contributed by atoms with Crippen molar-refractivity contribution >= 4 is 17.6 Å². The third-order valence-corrected chi connectivity index (χ3v) is 3.49. The Bertz CT molecular complexity index is 924. The van der Waals surface area contributed by atoms with Crippen molar-refractivity contribution in [2.24, 2.45) is 7.05 Å². The molecule has 0 spiro atoms. The van der Waals surface area contributed by atoms with Crippen molar-refractivity contribution in [3.63, 3.8) is 0 Å². The molecule has 1 aromatic carbocycles. The molecular formula is C15H15ClFN3O5. The highest BCUT2D eigenvalue weighted by Gasteiger charge is 2.20. The molecule has 0 saturated heterocycles. The molecule has 2 rings (SSSR count). The van der Waals surface area contributed by atoms with Gasteiger partial charge < -0.3 is 9.47 Å². The molecule has 0 amide bonds. The van der Waals surface area contributed by atoms with E-state index in [2.05, 4.69) is 5.10 Å². The molecule has 10 heteroatoms. The number of ether oxygens (including phenoxy) is 2. The van der Waals surface area contributed by atoms with Crippen molar-refractivity contribution in [3.05, 3.63) is 50.0 Å². The number of rotatable bonds is 5. The first kappa shape index (κ1) is 18.7. The lowest BCUT2D eigenvalue weighted by molar-refractivity contribution is -0.150. The Morgan fingerprint density at radius 1 is 1.40 bits per heavy atom. The van der Waals surface area contributed by atoms with E-state index in [4.69, 9.17) is 21.1 Å². The molecule has 2 aromatic rings. The van der Waals surface area contributed by atoms with Crippen molar-refractivity contribution in [2.45, 2.75) is 20.0 Å². The van der Waals surface area contributed by atoms with Crippen LogP contribution >= 0.6 is 11.6 Å². The predicted octanol–water partition coefficient (Wildman–Crippen LogP) is 1.05. The fraction of sp³-hybridized carbons (Fsp3) is 0.333. The normalized spacial score (nSPS) is 11.9. The minimum absolute atomic E-state index is 0.0793. The number of aromatic nitrogens is 3. The Hall–Kier alpha value is -2.68. The maximum absolute atomic E-state index is 14.3. The van der Waals surface area contributed by atoms with E-state index < -0.39 is 29.1 Å². The SMILES string of the molecule is CCOC(=O)[C@@H](C)Oc1cc(-n2c(=O)cnn(C)c2=O)c(F)cc1Cl. The molecule has 0 aliphatic heterocycles. The van der Waals surface area contributed by atoms with Gasteiger partial charge in [0.2, 0.25) is 0 Å². The van der Waals surface area contributed by atoms with Gasteiger partial charge >= 0.3 is 11.7 Å². The van der Waals surface area contributed by atoms with Crippen LogP contribution in [0.5, 0.6) is 5.75 Å². The number of hydrogen-bond acceptors (Lipinski definition) is 6. The van der Waals surface area contributed by atoms with E-state index in [-0.39, 0.29) is 23.1 Å². The maximum atomic E-state index is 14.3. The molecule has 0 unspecified atom stereocenters. The lowest BCUT2D eigenvalue weighted by atomic mass is 10.2. The standard InChI is InChI=1S/C15H15ClFN3O5/c1-4-24-14(22)8(2)25-12-6-11(10(17)5-9(12)16)20-13(21)7-18-19(3)15(20)23/h5-8H,4H2,1-3H3/t8-/m1/s1. The van der Waals surface area contributed by atoms with Crippen LogP contribution in [0.3, 0.4) is 0 Å². The molecule has 0 aliphatic rings. The van der Waals surface area contributed by atoms with Gasteiger partial charge in [-0.2, -0.15) is 5.10 Å². The van der Waals surface area contributed by atoms with Gasteiger partial charge in [0.05, 0.1) is 17.3 Å². The minimum Gasteiger partial charge on any atom is -0.477 e. The van der Waals surface area contributed by atoms with E-state index in [1.165, 1.54) is 14.0 Å². The third kappa shape index (κ3) is 3.87. The van der Waals surface area contributed by atoms with Gasteiger partial charge in [0.25, 0.3) is 5.56 Å². The predicted molar refractivity (Wildman–Crippen MR) is 86.8 cm³/mol. The summed E-state index contributed by atoms with van der Waals surface area (Å²) in [6, 6.07) is 1.95. The van der Waals surface area contributed by atoms with Crippen LogP contribution in [0.1, 0.15) is 13.8 Å². The topological polar surface area (TPSA) is 92.4 Å². The third-order valence-electron chi connectivity index (χ3n) is 3.19. The number of carbonyl (C=O) groups is 1. The molecule has 1 aromatic heterocycles. The summed E-state index contributed by atoms with van der Waals surface area (Å²) in [7, 11) is 1.31. The quantitative estimate of drug-likeness (QED) is 0.729. The van der Waals surface area contributed by atoms with Crippen LogP contribution < -0.4 is 16.0 Å². The molecule has 8 nitrogen and oxygen atoms in total. The molecule has 0 bridgehead atoms. The zero-order valence-electron chi connectivity index (χ0n) is 13.7. The van der Waals surface area contributed by atoms with E-state index >= 15 is 0 Å². The fourth-order valence-corrected chi connectivity index (χ4v) is 2.18. The van der Waals surface area contributed by atoms with E-state index in [0.717, 1.165) is 23.0 Å². The molecule has 1 heterocycles. The summed E-state index contributed by atoms with van der Waals surface area (Å²) in [6.45, 7) is 3.23. The van der Waals surface area contributed by atoms with Crippen LogP contribution in [0, 0.1) is 5.82 Å². The summed E-state index contributed by atoms with van der Waals surface area (Å²) in [5, 5.41) is 3.43. The summed E-state index contributed by atoms with van der Waals surface area (Å²) in [4.78, 5) is 35.7. The fourth-order valence-electron chi connectivity index (χ4n) is 1.98. The number of aryl methyl sites for hydroxylation is 1. The van der Waals surface area contributed by atoms with Crippen LogP contribution in [-0.4, -0.2) is 33.0 Å². The molecule has 25 heavy (non-hydrogen) atoms. The zero-order valence-corrected chi connectivity index (χ0v) is 14.4. The van der Waals surface area contributed by atoms with Crippen LogP contribution in [0.4, 0.5) is 4.39 Å². The van der Waals surface area contributed by atoms with E-state index in [1.807, 2.05) is 0 Å². The number of halogens is 2. The van der Waals surface area contributed by atoms with Gasteiger partial charge in [0, 0.05) is 13.1 Å². The van der Waals surface area contributed by atoms with Crippen molar-refractivity contribution in [1.82, 2.24) is 14.3 Å². The summed E-state index contributed by atoms with van der Waals surface area (Å²) in [5.41, 5.74) is -2.05. The highest BCUT2D eigenvalue weighted by atomic mass is 35.5. The molecule has 0 aliphatic carbocycles. The zero-order chi connectivity index (χ0) is 18.7. The Labute approximate surface area is 146 Å². The molecular weight excluding hydrogens is 357 g/mol. The average Bonchev–Trinajstić information content (AvgIpc) is 2.55. The lowest BCUT2D eigenvalue weighted by Gasteiger charge is -2.16. The molecule has 1 atom stereocenters. The van der Waals surface area contributed by atoms with E-state index in [1.54, 1.807) is 6.92 Å². The van der Waals surface area contributed by atoms with Crippen LogP contribution in [0.15, 0.2) is 27.9 Å². The van der Waals surface area contributed by atoms with Crippen molar-refractivity contribution in [1.29, 1.82) is 0 Å². The molecule has 0 saturated carbocycles. The largest absolute Gasteiger partial charge is 0.477 e. The number of hydrogen-bond donors (Lipinski definition) is 0. The first-order chi connectivity index (χ1) is 11.8. The van der Waals surface area contributed by atoms with Gasteiger partial charge in [0.1, 0.15) is 17.8 Å². The van der Waals surface area contributed by atoms with Crippen LogP contribution in [0.25, 0.3) is 5.69 Å². The Morgan fingerprint density at radius 3 is 2.72 bits per heavy atom. The van der Waals surface area contributed by atoms with E-state index in [9.17, 15) is 18.8 Å². The molecule has 0 N–H and O–H groups in total. The van der Waals surface area contributed by atoms with E-state index in [0.29, 0.717) is 4.57 Å². The summed E-state index contributed by atoms with van der Waals surface area (Å²) >= 11 is 5.93. The second-order valence-electron chi connectivity index (χ2n) is 4.97. The van der Waals surface area contributed by atoms with Crippen LogP contribution in [-0.2, 0) is 16.6 Å². The first-order valence-corrected chi connectivity index (χ1v) is 7.62. The number of nitrogens with zero attached hydrogens (tertiary/aromatic N) is 3.